The molecule has 2 N–H and O–H groups in total. The first-order chi connectivity index (χ1) is 11.3. The molecule has 8 heteroatoms. The molecule has 0 spiro atoms. The zero-order chi connectivity index (χ0) is 17.7. The van der Waals surface area contributed by atoms with Crippen LogP contribution in [-0.2, 0) is 4.74 Å². The molecular formula is C17H34IN5O2. The van der Waals surface area contributed by atoms with E-state index in [1.165, 1.54) is 19.4 Å². The molecule has 1 atom stereocenters. The molecule has 25 heavy (non-hydrogen) atoms. The van der Waals surface area contributed by atoms with Crippen molar-refractivity contribution in [3.05, 3.63) is 0 Å². The third kappa shape index (κ3) is 6.80. The average molecular weight is 467 g/mol. The molecule has 0 aromatic heterocycles. The third-order valence-corrected chi connectivity index (χ3v) is 4.51. The summed E-state index contributed by atoms with van der Waals surface area (Å²) in [5, 5.41) is 6.80. The van der Waals surface area contributed by atoms with Gasteiger partial charge in [-0.05, 0) is 46.7 Å². The fraction of sp³-hybridized carbons (Fsp3) is 0.882. The molecule has 1 unspecified atom stereocenters. The van der Waals surface area contributed by atoms with Gasteiger partial charge in [-0.1, -0.05) is 6.92 Å². The number of nitrogens with zero attached hydrogens (tertiary/aromatic N) is 3. The Labute approximate surface area is 169 Å². The van der Waals surface area contributed by atoms with Crippen molar-refractivity contribution in [2.24, 2.45) is 4.99 Å². The van der Waals surface area contributed by atoms with Crippen LogP contribution >= 0.6 is 24.0 Å². The summed E-state index contributed by atoms with van der Waals surface area (Å²) in [6.07, 6.45) is 2.28. The molecule has 0 saturated carbocycles. The Hall–Kier alpha value is -0.770. The molecule has 2 saturated heterocycles. The van der Waals surface area contributed by atoms with Crippen LogP contribution in [0.3, 0.4) is 0 Å². The van der Waals surface area contributed by atoms with Crippen molar-refractivity contribution in [1.82, 2.24) is 20.4 Å². The Morgan fingerprint density at radius 1 is 1.32 bits per heavy atom. The van der Waals surface area contributed by atoms with Crippen molar-refractivity contribution in [2.45, 2.75) is 58.2 Å². The SMILES string of the molecule is CCN1CCCC1CNC(=NC)NC1CN(C(=O)OC(C)(C)C)C1.I. The van der Waals surface area contributed by atoms with E-state index in [-0.39, 0.29) is 36.1 Å². The van der Waals surface area contributed by atoms with Crippen molar-refractivity contribution in [1.29, 1.82) is 0 Å². The largest absolute Gasteiger partial charge is 0.444 e. The van der Waals surface area contributed by atoms with Gasteiger partial charge in [0.1, 0.15) is 5.60 Å². The summed E-state index contributed by atoms with van der Waals surface area (Å²) in [5.41, 5.74) is -0.445. The zero-order valence-corrected chi connectivity index (χ0v) is 18.5. The van der Waals surface area contributed by atoms with Gasteiger partial charge in [0.05, 0.1) is 6.04 Å². The molecule has 2 fully saturated rings. The number of carbonyl (C=O) groups is 1. The summed E-state index contributed by atoms with van der Waals surface area (Å²) in [7, 11) is 1.78. The van der Waals surface area contributed by atoms with Gasteiger partial charge < -0.3 is 20.3 Å². The van der Waals surface area contributed by atoms with Crippen molar-refractivity contribution >= 4 is 36.0 Å². The number of rotatable bonds is 4. The van der Waals surface area contributed by atoms with Gasteiger partial charge >= 0.3 is 6.09 Å². The number of hydrogen-bond acceptors (Lipinski definition) is 4. The lowest BCUT2D eigenvalue weighted by atomic mass is 10.1. The van der Waals surface area contributed by atoms with Crippen LogP contribution in [0.5, 0.6) is 0 Å². The topological polar surface area (TPSA) is 69.2 Å². The second-order valence-corrected chi connectivity index (χ2v) is 7.60. The summed E-state index contributed by atoms with van der Waals surface area (Å²) in [6, 6.07) is 0.822. The normalized spacial score (nSPS) is 22.2. The molecule has 7 nitrogen and oxygen atoms in total. The van der Waals surface area contributed by atoms with Gasteiger partial charge in [-0.15, -0.1) is 24.0 Å². The van der Waals surface area contributed by atoms with Crippen molar-refractivity contribution in [2.75, 3.05) is 39.8 Å². The van der Waals surface area contributed by atoms with Gasteiger partial charge in [0, 0.05) is 32.7 Å². The first kappa shape index (κ1) is 22.3. The first-order valence-corrected chi connectivity index (χ1v) is 9.01. The maximum Gasteiger partial charge on any atom is 0.410 e. The van der Waals surface area contributed by atoms with Crippen molar-refractivity contribution in [3.63, 3.8) is 0 Å². The molecule has 2 aliphatic heterocycles. The van der Waals surface area contributed by atoms with E-state index in [1.54, 1.807) is 11.9 Å². The molecule has 0 aromatic rings. The van der Waals surface area contributed by atoms with Gasteiger partial charge in [-0.25, -0.2) is 4.79 Å². The molecule has 0 bridgehead atoms. The summed E-state index contributed by atoms with van der Waals surface area (Å²) >= 11 is 0. The predicted molar refractivity (Wildman–Crippen MR) is 112 cm³/mol. The Morgan fingerprint density at radius 2 is 2.00 bits per heavy atom. The number of halogens is 1. The standard InChI is InChI=1S/C17H33N5O2.HI/c1-6-21-9-7-8-14(21)10-19-15(18-5)20-13-11-22(12-13)16(23)24-17(2,3)4;/h13-14H,6-12H2,1-5H3,(H2,18,19,20);1H. The van der Waals surface area contributed by atoms with Gasteiger partial charge in [0.2, 0.25) is 0 Å². The summed E-state index contributed by atoms with van der Waals surface area (Å²) in [6.45, 7) is 12.4. The number of amides is 1. The van der Waals surface area contributed by atoms with Gasteiger partial charge in [-0.3, -0.25) is 9.89 Å². The molecule has 0 aliphatic carbocycles. The highest BCUT2D eigenvalue weighted by Crippen LogP contribution is 2.16. The number of aliphatic imine (C=N–C) groups is 1. The van der Waals surface area contributed by atoms with Crippen LogP contribution in [0.4, 0.5) is 4.79 Å². The molecule has 2 rings (SSSR count). The van der Waals surface area contributed by atoms with E-state index in [0.29, 0.717) is 19.1 Å². The lowest BCUT2D eigenvalue weighted by Gasteiger charge is -2.40. The Kier molecular flexibility index (Phi) is 8.73. The second-order valence-electron chi connectivity index (χ2n) is 7.60. The smallest absolute Gasteiger partial charge is 0.410 e. The van der Waals surface area contributed by atoms with E-state index in [1.807, 2.05) is 20.8 Å². The number of likely N-dealkylation sites (N-methyl/N-ethyl adjacent to an activating group) is 1. The molecule has 1 amide bonds. The zero-order valence-electron chi connectivity index (χ0n) is 16.2. The van der Waals surface area contributed by atoms with E-state index in [9.17, 15) is 4.79 Å². The van der Waals surface area contributed by atoms with E-state index in [2.05, 4.69) is 27.4 Å². The van der Waals surface area contributed by atoms with Gasteiger partial charge in [0.25, 0.3) is 0 Å². The number of ether oxygens (including phenoxy) is 1. The monoisotopic (exact) mass is 467 g/mol. The van der Waals surface area contributed by atoms with Crippen LogP contribution in [0.15, 0.2) is 4.99 Å². The Balaban J connectivity index is 0.00000312. The van der Waals surface area contributed by atoms with Crippen LogP contribution in [-0.4, -0.2) is 79.3 Å². The molecular weight excluding hydrogens is 433 g/mol. The molecule has 0 radical (unpaired) electrons. The summed E-state index contributed by atoms with van der Waals surface area (Å²) in [4.78, 5) is 20.4. The molecule has 2 aliphatic rings. The van der Waals surface area contributed by atoms with E-state index in [0.717, 1.165) is 19.0 Å². The summed E-state index contributed by atoms with van der Waals surface area (Å²) < 4.78 is 5.37. The van der Waals surface area contributed by atoms with Crippen molar-refractivity contribution < 1.29 is 9.53 Å². The minimum atomic E-state index is -0.445. The van der Waals surface area contributed by atoms with Gasteiger partial charge in [-0.2, -0.15) is 0 Å². The summed E-state index contributed by atoms with van der Waals surface area (Å²) in [5.74, 6) is 0.812. The fourth-order valence-electron chi connectivity index (χ4n) is 3.19. The van der Waals surface area contributed by atoms with E-state index < -0.39 is 5.60 Å². The quantitative estimate of drug-likeness (QED) is 0.376. The second kappa shape index (κ2) is 9.80. The Bertz CT molecular complexity index is 460. The minimum absolute atomic E-state index is 0. The van der Waals surface area contributed by atoms with Gasteiger partial charge in [0.15, 0.2) is 5.96 Å². The number of likely N-dealkylation sites (tertiary alicyclic amines) is 2. The predicted octanol–water partition coefficient (Wildman–Crippen LogP) is 1.87. The first-order valence-electron chi connectivity index (χ1n) is 9.01. The molecule has 2 heterocycles. The third-order valence-electron chi connectivity index (χ3n) is 4.51. The van der Waals surface area contributed by atoms with E-state index in [4.69, 9.17) is 4.74 Å². The van der Waals surface area contributed by atoms with Crippen LogP contribution < -0.4 is 10.6 Å². The van der Waals surface area contributed by atoms with Crippen LogP contribution in [0, 0.1) is 0 Å². The van der Waals surface area contributed by atoms with Crippen LogP contribution in [0.1, 0.15) is 40.5 Å². The van der Waals surface area contributed by atoms with Crippen molar-refractivity contribution in [3.8, 4) is 0 Å². The number of nitrogens with one attached hydrogen (secondary N) is 2. The van der Waals surface area contributed by atoms with E-state index >= 15 is 0 Å². The lowest BCUT2D eigenvalue weighted by Crippen LogP contribution is -2.63. The minimum Gasteiger partial charge on any atom is -0.444 e. The molecule has 146 valence electrons. The number of hydrogen-bond donors (Lipinski definition) is 2. The average Bonchev–Trinajstić information content (AvgIpc) is 2.90. The maximum absolute atomic E-state index is 11.9. The highest BCUT2D eigenvalue weighted by atomic mass is 127. The highest BCUT2D eigenvalue weighted by molar-refractivity contribution is 14.0. The molecule has 0 aromatic carbocycles. The number of carbonyl (C=O) groups excluding carboxylic acids is 1. The van der Waals surface area contributed by atoms with Crippen LogP contribution in [0.25, 0.3) is 0 Å². The highest BCUT2D eigenvalue weighted by Gasteiger charge is 2.34. The van der Waals surface area contributed by atoms with Crippen LogP contribution in [0.2, 0.25) is 0 Å². The lowest BCUT2D eigenvalue weighted by molar-refractivity contribution is 0.00700. The number of guanidine groups is 1. The fourth-order valence-corrected chi connectivity index (χ4v) is 3.19. The maximum atomic E-state index is 11.9. The Morgan fingerprint density at radius 3 is 2.56 bits per heavy atom.